The molecule has 24 heavy (non-hydrogen) atoms. The van der Waals surface area contributed by atoms with E-state index in [1.807, 2.05) is 12.3 Å². The van der Waals surface area contributed by atoms with Crippen LogP contribution in [0, 0.1) is 0 Å². The standard InChI is InChI=1S/C23H25N/c1-3-10-20(11-4-1)12-9-15-22(21-13-5-2-6-14-21)17-18-23-16-7-8-19-24-23/h1-8,10-11,13-14,16,19,22H,9,12,15,17-18H2. The van der Waals surface area contributed by atoms with Gasteiger partial charge in [0.25, 0.3) is 0 Å². The van der Waals surface area contributed by atoms with Crippen LogP contribution in [0.15, 0.2) is 85.1 Å². The van der Waals surface area contributed by atoms with Crippen LogP contribution < -0.4 is 0 Å². The van der Waals surface area contributed by atoms with Gasteiger partial charge < -0.3 is 0 Å². The van der Waals surface area contributed by atoms with Gasteiger partial charge in [-0.3, -0.25) is 4.98 Å². The van der Waals surface area contributed by atoms with E-state index in [-0.39, 0.29) is 0 Å². The lowest BCUT2D eigenvalue weighted by Gasteiger charge is -2.17. The van der Waals surface area contributed by atoms with Crippen molar-refractivity contribution in [2.75, 3.05) is 0 Å². The Morgan fingerprint density at radius 1 is 0.667 bits per heavy atom. The Morgan fingerprint density at radius 3 is 2.08 bits per heavy atom. The van der Waals surface area contributed by atoms with Crippen molar-refractivity contribution in [3.05, 3.63) is 102 Å². The maximum absolute atomic E-state index is 4.47. The predicted molar refractivity (Wildman–Crippen MR) is 101 cm³/mol. The molecule has 0 aliphatic rings. The summed E-state index contributed by atoms with van der Waals surface area (Å²) >= 11 is 0. The smallest absolute Gasteiger partial charge is 0.0403 e. The van der Waals surface area contributed by atoms with E-state index in [1.165, 1.54) is 29.7 Å². The fourth-order valence-electron chi connectivity index (χ4n) is 3.27. The largest absolute Gasteiger partial charge is 0.261 e. The van der Waals surface area contributed by atoms with Crippen molar-refractivity contribution in [3.8, 4) is 0 Å². The molecule has 122 valence electrons. The minimum atomic E-state index is 0.608. The minimum Gasteiger partial charge on any atom is -0.261 e. The van der Waals surface area contributed by atoms with Crippen molar-refractivity contribution < 1.29 is 0 Å². The number of nitrogens with zero attached hydrogens (tertiary/aromatic N) is 1. The summed E-state index contributed by atoms with van der Waals surface area (Å²) in [5, 5.41) is 0. The zero-order valence-electron chi connectivity index (χ0n) is 14.1. The van der Waals surface area contributed by atoms with Crippen LogP contribution in [0.3, 0.4) is 0 Å². The molecule has 0 aliphatic carbocycles. The molecule has 0 fully saturated rings. The van der Waals surface area contributed by atoms with Gasteiger partial charge in [-0.2, -0.15) is 0 Å². The van der Waals surface area contributed by atoms with E-state index in [2.05, 4.69) is 77.8 Å². The lowest BCUT2D eigenvalue weighted by atomic mass is 9.88. The lowest BCUT2D eigenvalue weighted by molar-refractivity contribution is 0.549. The number of hydrogen-bond acceptors (Lipinski definition) is 1. The zero-order chi connectivity index (χ0) is 16.5. The number of rotatable bonds is 8. The molecule has 0 bridgehead atoms. The van der Waals surface area contributed by atoms with Crippen molar-refractivity contribution in [2.24, 2.45) is 0 Å². The van der Waals surface area contributed by atoms with Crippen molar-refractivity contribution in [1.29, 1.82) is 0 Å². The van der Waals surface area contributed by atoms with E-state index >= 15 is 0 Å². The molecule has 2 aromatic carbocycles. The highest BCUT2D eigenvalue weighted by Gasteiger charge is 2.12. The molecular weight excluding hydrogens is 290 g/mol. The van der Waals surface area contributed by atoms with Crippen molar-refractivity contribution in [2.45, 2.75) is 38.0 Å². The molecule has 0 N–H and O–H groups in total. The SMILES string of the molecule is c1ccc(CCCC(CCc2ccccn2)c2ccccc2)cc1. The molecule has 0 saturated heterocycles. The van der Waals surface area contributed by atoms with Gasteiger partial charge in [0, 0.05) is 11.9 Å². The normalized spacial score (nSPS) is 12.0. The topological polar surface area (TPSA) is 12.9 Å². The van der Waals surface area contributed by atoms with Crippen LogP contribution >= 0.6 is 0 Å². The second kappa shape index (κ2) is 9.02. The summed E-state index contributed by atoms with van der Waals surface area (Å²) in [6.07, 6.45) is 7.72. The Hall–Kier alpha value is -2.41. The number of benzene rings is 2. The highest BCUT2D eigenvalue weighted by Crippen LogP contribution is 2.27. The van der Waals surface area contributed by atoms with Gasteiger partial charge in [0.15, 0.2) is 0 Å². The van der Waals surface area contributed by atoms with Gasteiger partial charge in [-0.1, -0.05) is 66.7 Å². The highest BCUT2D eigenvalue weighted by atomic mass is 14.7. The van der Waals surface area contributed by atoms with Crippen LogP contribution in [0.25, 0.3) is 0 Å². The molecule has 3 aromatic rings. The maximum atomic E-state index is 4.47. The van der Waals surface area contributed by atoms with Gasteiger partial charge in [0.05, 0.1) is 0 Å². The van der Waals surface area contributed by atoms with Crippen LogP contribution in [0.4, 0.5) is 0 Å². The molecular formula is C23H25N. The highest BCUT2D eigenvalue weighted by molar-refractivity contribution is 5.20. The first-order chi connectivity index (χ1) is 11.9. The molecule has 1 atom stereocenters. The molecule has 3 rings (SSSR count). The molecule has 0 spiro atoms. The fourth-order valence-corrected chi connectivity index (χ4v) is 3.27. The molecule has 0 amide bonds. The Kier molecular flexibility index (Phi) is 6.18. The maximum Gasteiger partial charge on any atom is 0.0403 e. The Bertz CT molecular complexity index is 692. The third-order valence-electron chi connectivity index (χ3n) is 4.61. The zero-order valence-corrected chi connectivity index (χ0v) is 14.1. The van der Waals surface area contributed by atoms with Crippen molar-refractivity contribution in [3.63, 3.8) is 0 Å². The van der Waals surface area contributed by atoms with Crippen LogP contribution in [-0.2, 0) is 12.8 Å². The third kappa shape index (κ3) is 5.06. The monoisotopic (exact) mass is 315 g/mol. The summed E-state index contributed by atoms with van der Waals surface area (Å²) in [4.78, 5) is 4.47. The molecule has 1 heterocycles. The molecule has 1 nitrogen and oxygen atoms in total. The molecule has 1 aromatic heterocycles. The summed E-state index contributed by atoms with van der Waals surface area (Å²) in [5.41, 5.74) is 4.09. The molecule has 1 heteroatoms. The number of pyridine rings is 1. The van der Waals surface area contributed by atoms with E-state index in [0.717, 1.165) is 19.3 Å². The number of aryl methyl sites for hydroxylation is 2. The minimum absolute atomic E-state index is 0.608. The average Bonchev–Trinajstić information content (AvgIpc) is 2.67. The number of hydrogen-bond donors (Lipinski definition) is 0. The van der Waals surface area contributed by atoms with E-state index in [1.54, 1.807) is 0 Å². The van der Waals surface area contributed by atoms with Gasteiger partial charge in [0.1, 0.15) is 0 Å². The van der Waals surface area contributed by atoms with E-state index < -0.39 is 0 Å². The quantitative estimate of drug-likeness (QED) is 0.510. The summed E-state index contributed by atoms with van der Waals surface area (Å²) in [7, 11) is 0. The first-order valence-corrected chi connectivity index (χ1v) is 8.90. The van der Waals surface area contributed by atoms with Crippen LogP contribution in [0.2, 0.25) is 0 Å². The van der Waals surface area contributed by atoms with Gasteiger partial charge in [-0.15, -0.1) is 0 Å². The predicted octanol–water partition coefficient (Wildman–Crippen LogP) is 5.82. The second-order valence-corrected chi connectivity index (χ2v) is 6.35. The summed E-state index contributed by atoms with van der Waals surface area (Å²) in [6.45, 7) is 0. The molecule has 1 unspecified atom stereocenters. The van der Waals surface area contributed by atoms with E-state index in [9.17, 15) is 0 Å². The molecule has 0 aliphatic heterocycles. The molecule has 0 radical (unpaired) electrons. The number of aromatic nitrogens is 1. The van der Waals surface area contributed by atoms with Gasteiger partial charge >= 0.3 is 0 Å². The van der Waals surface area contributed by atoms with Crippen LogP contribution in [0.1, 0.15) is 42.0 Å². The Morgan fingerprint density at radius 2 is 1.38 bits per heavy atom. The summed E-state index contributed by atoms with van der Waals surface area (Å²) in [6, 6.07) is 27.9. The van der Waals surface area contributed by atoms with Gasteiger partial charge in [-0.05, 0) is 61.3 Å². The Labute approximate surface area is 145 Å². The van der Waals surface area contributed by atoms with Gasteiger partial charge in [-0.25, -0.2) is 0 Å². The van der Waals surface area contributed by atoms with Crippen molar-refractivity contribution in [1.82, 2.24) is 4.98 Å². The summed E-state index contributed by atoms with van der Waals surface area (Å²) in [5.74, 6) is 0.608. The van der Waals surface area contributed by atoms with E-state index in [4.69, 9.17) is 0 Å². The van der Waals surface area contributed by atoms with Crippen LogP contribution in [0.5, 0.6) is 0 Å². The lowest BCUT2D eigenvalue weighted by Crippen LogP contribution is -2.03. The van der Waals surface area contributed by atoms with Crippen molar-refractivity contribution >= 4 is 0 Å². The third-order valence-corrected chi connectivity index (χ3v) is 4.61. The average molecular weight is 315 g/mol. The molecule has 0 saturated carbocycles. The first kappa shape index (κ1) is 16.4. The van der Waals surface area contributed by atoms with Crippen LogP contribution in [-0.4, -0.2) is 4.98 Å². The second-order valence-electron chi connectivity index (χ2n) is 6.35. The summed E-state index contributed by atoms with van der Waals surface area (Å²) < 4.78 is 0. The Balaban J connectivity index is 1.59. The fraction of sp³-hybridized carbons (Fsp3) is 0.261. The first-order valence-electron chi connectivity index (χ1n) is 8.90. The van der Waals surface area contributed by atoms with Gasteiger partial charge in [0.2, 0.25) is 0 Å². The van der Waals surface area contributed by atoms with E-state index in [0.29, 0.717) is 5.92 Å².